The van der Waals surface area contributed by atoms with Crippen LogP contribution in [0.5, 0.6) is 17.2 Å². The lowest BCUT2D eigenvalue weighted by molar-refractivity contribution is 0.0364. The van der Waals surface area contributed by atoms with E-state index < -0.39 is 29.5 Å². The van der Waals surface area contributed by atoms with Gasteiger partial charge in [0.25, 0.3) is 5.91 Å². The maximum absolute atomic E-state index is 12.6. The van der Waals surface area contributed by atoms with Crippen molar-refractivity contribution >= 4 is 11.9 Å². The Morgan fingerprint density at radius 2 is 1.58 bits per heavy atom. The Morgan fingerprint density at radius 1 is 1.04 bits per heavy atom. The van der Waals surface area contributed by atoms with Gasteiger partial charge in [-0.3, -0.25) is 9.36 Å². The third-order valence-corrected chi connectivity index (χ3v) is 3.60. The second kappa shape index (κ2) is 7.38. The normalized spacial score (nSPS) is 10.7. The zero-order valence-electron chi connectivity index (χ0n) is 15.3. The summed E-state index contributed by atoms with van der Waals surface area (Å²) in [5, 5.41) is 20.6. The van der Waals surface area contributed by atoms with Crippen molar-refractivity contribution in [1.82, 2.24) is 9.47 Å². The summed E-state index contributed by atoms with van der Waals surface area (Å²) in [6, 6.07) is 6.45. The van der Waals surface area contributed by atoms with Crippen LogP contribution in [-0.2, 0) is 4.74 Å². The number of aromatic nitrogens is 1. The van der Waals surface area contributed by atoms with Crippen LogP contribution in [0.3, 0.4) is 0 Å². The van der Waals surface area contributed by atoms with Gasteiger partial charge in [-0.25, -0.2) is 4.79 Å². The van der Waals surface area contributed by atoms with Gasteiger partial charge in [0.2, 0.25) is 0 Å². The minimum absolute atomic E-state index is 0.242. The molecule has 0 aliphatic heterocycles. The van der Waals surface area contributed by atoms with Crippen LogP contribution in [0, 0.1) is 0 Å². The van der Waals surface area contributed by atoms with Crippen LogP contribution < -0.4 is 4.74 Å². The Hall–Kier alpha value is -3.16. The topological polar surface area (TPSA) is 101 Å². The molecule has 0 bridgehead atoms. The Balaban J connectivity index is 2.76. The number of esters is 1. The minimum atomic E-state index is -0.860. The molecule has 0 saturated carbocycles. The first kappa shape index (κ1) is 19.2. The lowest BCUT2D eigenvalue weighted by Crippen LogP contribution is -2.25. The van der Waals surface area contributed by atoms with E-state index in [4.69, 9.17) is 9.47 Å². The number of benzene rings is 1. The van der Waals surface area contributed by atoms with E-state index in [-0.39, 0.29) is 11.4 Å². The molecule has 0 radical (unpaired) electrons. The van der Waals surface area contributed by atoms with Gasteiger partial charge in [-0.05, 0) is 38.1 Å². The average Bonchev–Trinajstić information content (AvgIpc) is 2.85. The van der Waals surface area contributed by atoms with Crippen LogP contribution in [0.1, 0.15) is 34.8 Å². The maximum atomic E-state index is 12.6. The molecule has 0 fully saturated rings. The molecule has 2 N–H and O–H groups in total. The average molecular weight is 362 g/mol. The first-order valence-corrected chi connectivity index (χ1v) is 7.92. The zero-order valence-corrected chi connectivity index (χ0v) is 15.3. The fourth-order valence-corrected chi connectivity index (χ4v) is 2.40. The van der Waals surface area contributed by atoms with Gasteiger partial charge in [0, 0.05) is 19.8 Å². The number of ether oxygens (including phenoxy) is 2. The first-order valence-electron chi connectivity index (χ1n) is 7.92. The van der Waals surface area contributed by atoms with Crippen molar-refractivity contribution in [3.05, 3.63) is 35.7 Å². The van der Waals surface area contributed by atoms with E-state index in [0.717, 1.165) is 0 Å². The Morgan fingerprint density at radius 3 is 2.04 bits per heavy atom. The third-order valence-electron chi connectivity index (χ3n) is 3.60. The molecule has 8 nitrogen and oxygen atoms in total. The molecule has 0 unspecified atom stereocenters. The van der Waals surface area contributed by atoms with Gasteiger partial charge in [0.05, 0.1) is 13.2 Å². The summed E-state index contributed by atoms with van der Waals surface area (Å²) in [6.45, 7) is 3.31. The van der Waals surface area contributed by atoms with Gasteiger partial charge >= 0.3 is 5.97 Å². The molecule has 0 aliphatic carbocycles. The summed E-state index contributed by atoms with van der Waals surface area (Å²) < 4.78 is 11.4. The van der Waals surface area contributed by atoms with Crippen LogP contribution in [0.25, 0.3) is 5.69 Å². The van der Waals surface area contributed by atoms with E-state index >= 15 is 0 Å². The van der Waals surface area contributed by atoms with Crippen molar-refractivity contribution in [2.45, 2.75) is 20.0 Å². The van der Waals surface area contributed by atoms with Gasteiger partial charge in [0.15, 0.2) is 22.9 Å². The Kier molecular flexibility index (Phi) is 5.44. The summed E-state index contributed by atoms with van der Waals surface area (Å²) in [5.74, 6) is -2.27. The fourth-order valence-electron chi connectivity index (χ4n) is 2.40. The number of amides is 1. The number of nitrogens with zero attached hydrogens (tertiary/aromatic N) is 2. The van der Waals surface area contributed by atoms with Crippen molar-refractivity contribution in [1.29, 1.82) is 0 Å². The molecular weight excluding hydrogens is 340 g/mol. The lowest BCUT2D eigenvalue weighted by Gasteiger charge is -2.16. The van der Waals surface area contributed by atoms with Gasteiger partial charge in [0.1, 0.15) is 5.75 Å². The lowest BCUT2D eigenvalue weighted by atomic mass is 10.2. The molecule has 0 saturated heterocycles. The highest BCUT2D eigenvalue weighted by molar-refractivity contribution is 6.02. The van der Waals surface area contributed by atoms with Gasteiger partial charge in [-0.1, -0.05) is 0 Å². The maximum Gasteiger partial charge on any atom is 0.359 e. The zero-order chi connectivity index (χ0) is 19.6. The van der Waals surface area contributed by atoms with E-state index in [1.54, 1.807) is 38.1 Å². The van der Waals surface area contributed by atoms with Crippen molar-refractivity contribution in [2.75, 3.05) is 21.2 Å². The van der Waals surface area contributed by atoms with Crippen molar-refractivity contribution in [2.24, 2.45) is 0 Å². The Bertz CT molecular complexity index is 821. The van der Waals surface area contributed by atoms with E-state index in [1.807, 2.05) is 0 Å². The number of hydrogen-bond acceptors (Lipinski definition) is 6. The predicted molar refractivity (Wildman–Crippen MR) is 94.2 cm³/mol. The van der Waals surface area contributed by atoms with Crippen molar-refractivity contribution < 1.29 is 29.3 Å². The molecular formula is C18H22N2O6. The number of carbonyl (C=O) groups is 2. The molecule has 8 heteroatoms. The second-order valence-corrected chi connectivity index (χ2v) is 6.08. The first-order chi connectivity index (χ1) is 12.2. The van der Waals surface area contributed by atoms with Gasteiger partial charge in [-0.15, -0.1) is 0 Å². The molecule has 2 aromatic rings. The molecule has 0 spiro atoms. The van der Waals surface area contributed by atoms with Crippen LogP contribution in [0.15, 0.2) is 24.3 Å². The summed E-state index contributed by atoms with van der Waals surface area (Å²) in [7, 11) is 4.50. The third kappa shape index (κ3) is 3.44. The van der Waals surface area contributed by atoms with Crippen molar-refractivity contribution in [3.63, 3.8) is 0 Å². The SMILES string of the molecule is COc1ccc(-n2c(C(=O)OC(C)C)c(O)c(O)c2C(=O)N(C)C)cc1. The Labute approximate surface area is 151 Å². The molecule has 0 atom stereocenters. The summed E-state index contributed by atoms with van der Waals surface area (Å²) in [6.07, 6.45) is -0.448. The predicted octanol–water partition coefficient (Wildman–Crippen LogP) is 2.16. The number of rotatable bonds is 5. The quantitative estimate of drug-likeness (QED) is 0.791. The van der Waals surface area contributed by atoms with Crippen LogP contribution in [-0.4, -0.2) is 58.9 Å². The number of hydrogen-bond donors (Lipinski definition) is 2. The van der Waals surface area contributed by atoms with Gasteiger partial charge < -0.3 is 24.6 Å². The van der Waals surface area contributed by atoms with E-state index in [9.17, 15) is 19.8 Å². The highest BCUT2D eigenvalue weighted by atomic mass is 16.5. The monoisotopic (exact) mass is 362 g/mol. The largest absolute Gasteiger partial charge is 0.503 e. The van der Waals surface area contributed by atoms with Crippen LogP contribution in [0.4, 0.5) is 0 Å². The summed E-state index contributed by atoms with van der Waals surface area (Å²) in [4.78, 5) is 26.3. The van der Waals surface area contributed by atoms with Gasteiger partial charge in [-0.2, -0.15) is 0 Å². The molecule has 1 aromatic heterocycles. The molecule has 2 rings (SSSR count). The van der Waals surface area contributed by atoms with Crippen molar-refractivity contribution in [3.8, 4) is 22.9 Å². The number of carbonyl (C=O) groups excluding carboxylic acids is 2. The molecule has 1 amide bonds. The van der Waals surface area contributed by atoms with E-state index in [0.29, 0.717) is 11.4 Å². The summed E-state index contributed by atoms with van der Waals surface area (Å²) in [5.41, 5.74) is -0.192. The van der Waals surface area contributed by atoms with E-state index in [1.165, 1.54) is 30.7 Å². The molecule has 140 valence electrons. The molecule has 0 aliphatic rings. The highest BCUT2D eigenvalue weighted by Gasteiger charge is 2.33. The standard InChI is InChI=1S/C18H22N2O6/c1-10(2)26-18(24)14-16(22)15(21)13(17(23)19(3)4)20(14)11-6-8-12(25-5)9-7-11/h6-10,21-22H,1-5H3. The highest BCUT2D eigenvalue weighted by Crippen LogP contribution is 2.39. The molecule has 26 heavy (non-hydrogen) atoms. The second-order valence-electron chi connectivity index (χ2n) is 6.08. The van der Waals surface area contributed by atoms with E-state index in [2.05, 4.69) is 0 Å². The minimum Gasteiger partial charge on any atom is -0.503 e. The fraction of sp³-hybridized carbons (Fsp3) is 0.333. The molecule has 1 aromatic carbocycles. The molecule has 1 heterocycles. The summed E-state index contributed by atoms with van der Waals surface area (Å²) >= 11 is 0. The van der Waals surface area contributed by atoms with Crippen LogP contribution >= 0.6 is 0 Å². The smallest absolute Gasteiger partial charge is 0.359 e. The number of methoxy groups -OCH3 is 1. The number of aromatic hydroxyl groups is 2. The van der Waals surface area contributed by atoms with Crippen LogP contribution in [0.2, 0.25) is 0 Å².